The summed E-state index contributed by atoms with van der Waals surface area (Å²) in [4.78, 5) is 50.8. The number of ether oxygens (including phenoxy) is 5. The smallest absolute Gasteiger partial charge is 1.00 e. The van der Waals surface area contributed by atoms with Gasteiger partial charge in [0.1, 0.15) is 22.4 Å². The fourth-order valence-corrected chi connectivity index (χ4v) is 15.3. The molecule has 0 spiro atoms. The number of piperidine rings is 3. The van der Waals surface area contributed by atoms with Crippen LogP contribution in [0.1, 0.15) is 204 Å². The van der Waals surface area contributed by atoms with Crippen molar-refractivity contribution in [2.75, 3.05) is 19.6 Å². The first-order chi connectivity index (χ1) is 42.6. The van der Waals surface area contributed by atoms with Gasteiger partial charge in [0.15, 0.2) is 17.4 Å². The number of nitrogens with zero attached hydrogens (tertiary/aromatic N) is 3. The Morgan fingerprint density at radius 2 is 0.870 bits per heavy atom. The van der Waals surface area contributed by atoms with Crippen molar-refractivity contribution in [1.82, 2.24) is 25.8 Å². The third kappa shape index (κ3) is 27.3. The van der Waals surface area contributed by atoms with Crippen LogP contribution in [0.4, 0.5) is 19.2 Å². The molecule has 3 aromatic carbocycles. The van der Waals surface area contributed by atoms with E-state index in [0.717, 1.165) is 81.3 Å². The molecule has 2 aliphatic carbocycles. The van der Waals surface area contributed by atoms with Gasteiger partial charge in [0.2, 0.25) is 0 Å². The predicted octanol–water partition coefficient (Wildman–Crippen LogP) is 11.0. The van der Waals surface area contributed by atoms with E-state index in [4.69, 9.17) is 29.9 Å². The van der Waals surface area contributed by atoms with E-state index in [0.29, 0.717) is 41.9 Å². The minimum atomic E-state index is -1.06. The van der Waals surface area contributed by atoms with Crippen LogP contribution >= 0.6 is 0 Å². The molecule has 2 saturated carbocycles. The summed E-state index contributed by atoms with van der Waals surface area (Å²) in [7, 11) is 0. The molecule has 8 unspecified atom stereocenters. The van der Waals surface area contributed by atoms with Gasteiger partial charge in [-0.15, -0.1) is 0 Å². The molecule has 16 nitrogen and oxygen atoms in total. The van der Waals surface area contributed by atoms with E-state index in [1.54, 1.807) is 41.5 Å². The van der Waals surface area contributed by atoms with Crippen LogP contribution in [-0.2, 0) is 43.2 Å². The molecule has 0 radical (unpaired) electrons. The fourth-order valence-electron chi connectivity index (χ4n) is 15.3. The summed E-state index contributed by atoms with van der Waals surface area (Å²) in [6.07, 6.45) is 18.9. The van der Waals surface area contributed by atoms with Crippen molar-refractivity contribution in [2.45, 2.75) is 264 Å². The Labute approximate surface area is 577 Å². The summed E-state index contributed by atoms with van der Waals surface area (Å²) in [5.74, 6) is 4.80. The maximum atomic E-state index is 11.9. The zero-order valence-electron chi connectivity index (χ0n) is 58.8. The van der Waals surface area contributed by atoms with Gasteiger partial charge in [0, 0.05) is 68.3 Å². The van der Waals surface area contributed by atoms with E-state index in [-0.39, 0.29) is 49.8 Å². The molecular formula is C74H117AlLiN7O9. The van der Waals surface area contributed by atoms with Gasteiger partial charge < -0.3 is 46.8 Å². The van der Waals surface area contributed by atoms with Crippen molar-refractivity contribution in [3.63, 3.8) is 0 Å². The van der Waals surface area contributed by atoms with Gasteiger partial charge in [-0.2, -0.15) is 5.26 Å². The molecule has 5 N–H and O–H groups in total. The number of nitrogens with one attached hydrogen (secondary N) is 3. The maximum Gasteiger partial charge on any atom is 1.00 e. The quantitative estimate of drug-likeness (QED) is 0.0610. The number of hydrogen-bond donors (Lipinski definition) is 4. The van der Waals surface area contributed by atoms with Gasteiger partial charge >= 0.3 is 43.4 Å². The summed E-state index contributed by atoms with van der Waals surface area (Å²) in [5.41, 5.74) is 7.95. The SMILES string of the molecule is CC(C)(C)OC(=O)NCC1CC2CCC(C1)C2Cc1ccccc1.CC(C)(C)OC(=O)NCC1CC2CCC(C1)N2.CC(C)(C)OC(=O)OC(=O)OC(C)(C)C.N#CC1CC2CCC(C1)N2Cc1ccccc1.NCC1CC2CCC(C1)N2Cc1ccccc1.[AlH3].[H-].[Li+]. The summed E-state index contributed by atoms with van der Waals surface area (Å²) in [6, 6.07) is 39.2. The number of amides is 2. The largest absolute Gasteiger partial charge is 1.00 e. The van der Waals surface area contributed by atoms with E-state index < -0.39 is 34.7 Å². The first-order valence-corrected chi connectivity index (χ1v) is 34.1. The summed E-state index contributed by atoms with van der Waals surface area (Å²) in [5, 5.41) is 18.5. The average Bonchev–Trinajstić information content (AvgIpc) is 1.72. The van der Waals surface area contributed by atoms with Crippen molar-refractivity contribution in [1.29, 1.82) is 5.26 Å². The van der Waals surface area contributed by atoms with E-state index in [1.165, 1.54) is 113 Å². The zero-order valence-corrected chi connectivity index (χ0v) is 57.8. The average molecular weight is 1280 g/mol. The minimum absolute atomic E-state index is 0. The van der Waals surface area contributed by atoms with Crippen LogP contribution in [0.3, 0.4) is 0 Å². The number of nitrogens with two attached hydrogens (primary N) is 1. The normalized spacial score (nSPS) is 27.6. The molecule has 8 fully saturated rings. The number of carbonyl (C=O) groups excluding carboxylic acids is 4. The van der Waals surface area contributed by atoms with Crippen LogP contribution in [0.2, 0.25) is 0 Å². The first kappa shape index (κ1) is 78.1. The summed E-state index contributed by atoms with van der Waals surface area (Å²) >= 11 is 0. The molecule has 8 bridgehead atoms. The molecule has 18 heteroatoms. The Balaban J connectivity index is 0.000000248. The molecule has 8 atom stereocenters. The Kier molecular flexibility index (Phi) is 31.0. The van der Waals surface area contributed by atoms with E-state index in [1.807, 2.05) is 41.5 Å². The molecule has 6 heterocycles. The monoisotopic (exact) mass is 1280 g/mol. The number of carbonyl (C=O) groups is 4. The second-order valence-corrected chi connectivity index (χ2v) is 31.0. The second-order valence-electron chi connectivity index (χ2n) is 31.0. The minimum Gasteiger partial charge on any atom is -1.00 e. The van der Waals surface area contributed by atoms with E-state index in [9.17, 15) is 19.2 Å². The Hall–Kier alpha value is -4.60. The number of rotatable bonds is 11. The molecule has 11 rings (SSSR count). The second kappa shape index (κ2) is 36.5. The standard InChI is InChI=1S/C21H31NO2.C15H22N2.C15H18N2.C13H24N2O2.C10H18O5.Al.Li.4H/c1-21(2,3)24-20(23)22-14-16-11-17-9-10-18(12-16)19(17)13-15-7-5-4-6-8-15;2*16-10-13-8-14-6-7-15(9-13)17(14)11-12-4-2-1-3-5-12;1-13(2,3)17-12(16)14-8-9-6-10-4-5-11(7-9)15-10;1-9(2,3)14-7(11)13-8(12)15-10(4,5)6;;;;;;/h4-8,16-19H,9-14H2,1-3H3,(H,22,23);1-5,13-15H,6-11,16H2;1-5,13-15H,6-9,11H2;9-11,15H,4-8H2,1-3H3,(H,14,16);1-6H3;;;;;;/q;;;;;;+1;;;;-1. The number of fused-ring (bicyclic) bond motifs is 8. The van der Waals surface area contributed by atoms with Crippen LogP contribution in [0.15, 0.2) is 91.0 Å². The molecule has 6 aliphatic heterocycles. The van der Waals surface area contributed by atoms with Crippen molar-refractivity contribution in [3.8, 4) is 6.07 Å². The maximum absolute atomic E-state index is 11.9. The van der Waals surface area contributed by atoms with Gasteiger partial charge in [-0.25, -0.2) is 19.2 Å². The molecule has 2 amide bonds. The van der Waals surface area contributed by atoms with Crippen LogP contribution in [0, 0.1) is 52.8 Å². The van der Waals surface area contributed by atoms with Gasteiger partial charge in [0.25, 0.3) is 0 Å². The number of benzene rings is 3. The van der Waals surface area contributed by atoms with Crippen LogP contribution < -0.4 is 40.5 Å². The van der Waals surface area contributed by atoms with Crippen LogP contribution in [0.5, 0.6) is 0 Å². The number of hydrogen-bond acceptors (Lipinski definition) is 14. The summed E-state index contributed by atoms with van der Waals surface area (Å²) in [6.45, 7) is 26.0. The fraction of sp³-hybridized carbons (Fsp3) is 0.689. The van der Waals surface area contributed by atoms with Crippen molar-refractivity contribution < 1.29 is 63.1 Å². The van der Waals surface area contributed by atoms with Crippen molar-refractivity contribution in [2.24, 2.45) is 47.2 Å². The Bertz CT molecular complexity index is 2660. The first-order valence-electron chi connectivity index (χ1n) is 34.1. The predicted molar refractivity (Wildman–Crippen MR) is 366 cm³/mol. The summed E-state index contributed by atoms with van der Waals surface area (Å²) < 4.78 is 24.4. The van der Waals surface area contributed by atoms with Crippen LogP contribution in [0.25, 0.3) is 0 Å². The van der Waals surface area contributed by atoms with Gasteiger partial charge in [-0.05, 0) is 251 Å². The van der Waals surface area contributed by atoms with E-state index in [2.05, 4.69) is 128 Å². The van der Waals surface area contributed by atoms with Gasteiger partial charge in [0.05, 0.1) is 6.07 Å². The Morgan fingerprint density at radius 3 is 1.23 bits per heavy atom. The van der Waals surface area contributed by atoms with E-state index >= 15 is 0 Å². The van der Waals surface area contributed by atoms with Crippen LogP contribution in [-0.4, -0.2) is 130 Å². The van der Waals surface area contributed by atoms with Gasteiger partial charge in [-0.3, -0.25) is 9.80 Å². The van der Waals surface area contributed by atoms with Crippen molar-refractivity contribution in [3.05, 3.63) is 108 Å². The van der Waals surface area contributed by atoms with Crippen molar-refractivity contribution >= 4 is 41.9 Å². The Morgan fingerprint density at radius 1 is 0.511 bits per heavy atom. The molecule has 506 valence electrons. The molecule has 8 aliphatic rings. The molecule has 6 saturated heterocycles. The number of nitriles is 1. The molecular weight excluding hydrogens is 1160 g/mol. The number of alkyl carbamates (subject to hydrolysis) is 2. The third-order valence-corrected chi connectivity index (χ3v) is 18.9. The van der Waals surface area contributed by atoms with Gasteiger partial charge in [-0.1, -0.05) is 91.0 Å². The zero-order chi connectivity index (χ0) is 65.2. The topological polar surface area (TPSA) is 207 Å². The third-order valence-electron chi connectivity index (χ3n) is 18.9. The molecule has 0 aromatic heterocycles. The molecule has 3 aromatic rings. The molecule has 92 heavy (non-hydrogen) atoms.